The van der Waals surface area contributed by atoms with Crippen molar-refractivity contribution in [2.24, 2.45) is 0 Å². The van der Waals surface area contributed by atoms with Gasteiger partial charge < -0.3 is 4.90 Å². The summed E-state index contributed by atoms with van der Waals surface area (Å²) in [5.74, 6) is 0.309. The van der Waals surface area contributed by atoms with E-state index in [1.807, 2.05) is 23.1 Å². The maximum absolute atomic E-state index is 12.3. The second-order valence-corrected chi connectivity index (χ2v) is 5.87. The number of hydrogen-bond donors (Lipinski definition) is 0. The lowest BCUT2D eigenvalue weighted by Gasteiger charge is -2.31. The van der Waals surface area contributed by atoms with Gasteiger partial charge in [-0.15, -0.1) is 0 Å². The van der Waals surface area contributed by atoms with Crippen LogP contribution in [0.15, 0.2) is 30.3 Å². The van der Waals surface area contributed by atoms with Crippen LogP contribution in [-0.2, 0) is 10.2 Å². The zero-order chi connectivity index (χ0) is 13.0. The van der Waals surface area contributed by atoms with Gasteiger partial charge in [0.05, 0.1) is 0 Å². The standard InChI is InChI=1S/C16H23NO/c1-16(2,14-9-5-3-6-10-14)13-15(18)17-11-7-4-8-12-17/h3,5-6,9-10H,4,7-8,11-13H2,1-2H3. The average Bonchev–Trinajstić information content (AvgIpc) is 2.40. The zero-order valence-electron chi connectivity index (χ0n) is 11.5. The maximum Gasteiger partial charge on any atom is 0.223 e. The van der Waals surface area contributed by atoms with Crippen LogP contribution in [0.5, 0.6) is 0 Å². The molecule has 2 heteroatoms. The summed E-state index contributed by atoms with van der Waals surface area (Å²) < 4.78 is 0. The van der Waals surface area contributed by atoms with Gasteiger partial charge in [-0.3, -0.25) is 4.79 Å². The van der Waals surface area contributed by atoms with E-state index in [2.05, 4.69) is 26.0 Å². The minimum atomic E-state index is -0.0736. The van der Waals surface area contributed by atoms with Crippen molar-refractivity contribution >= 4 is 5.91 Å². The molecule has 1 aromatic carbocycles. The normalized spacial score (nSPS) is 16.7. The fourth-order valence-corrected chi connectivity index (χ4v) is 2.62. The summed E-state index contributed by atoms with van der Waals surface area (Å²) in [6, 6.07) is 10.3. The number of nitrogens with zero attached hydrogens (tertiary/aromatic N) is 1. The summed E-state index contributed by atoms with van der Waals surface area (Å²) in [6.07, 6.45) is 4.21. The number of benzene rings is 1. The second kappa shape index (κ2) is 5.55. The first-order valence-corrected chi connectivity index (χ1v) is 6.93. The topological polar surface area (TPSA) is 20.3 Å². The third-order valence-electron chi connectivity index (χ3n) is 3.86. The molecule has 1 fully saturated rings. The monoisotopic (exact) mass is 245 g/mol. The summed E-state index contributed by atoms with van der Waals surface area (Å²) in [7, 11) is 0. The smallest absolute Gasteiger partial charge is 0.223 e. The molecule has 1 amide bonds. The first-order chi connectivity index (χ1) is 8.59. The molecule has 0 saturated carbocycles. The van der Waals surface area contributed by atoms with Crippen molar-refractivity contribution in [3.05, 3.63) is 35.9 Å². The molecule has 0 N–H and O–H groups in total. The number of carbonyl (C=O) groups is 1. The van der Waals surface area contributed by atoms with Crippen molar-refractivity contribution in [2.75, 3.05) is 13.1 Å². The van der Waals surface area contributed by atoms with Gasteiger partial charge in [0, 0.05) is 19.5 Å². The van der Waals surface area contributed by atoms with Crippen molar-refractivity contribution in [2.45, 2.75) is 44.9 Å². The Morgan fingerprint density at radius 2 is 1.72 bits per heavy atom. The largest absolute Gasteiger partial charge is 0.343 e. The quantitative estimate of drug-likeness (QED) is 0.799. The number of hydrogen-bond acceptors (Lipinski definition) is 1. The molecular formula is C16H23NO. The minimum absolute atomic E-state index is 0.0736. The van der Waals surface area contributed by atoms with Gasteiger partial charge in [-0.1, -0.05) is 44.2 Å². The SMILES string of the molecule is CC(C)(CC(=O)N1CCCCC1)c1ccccc1. The number of rotatable bonds is 3. The molecular weight excluding hydrogens is 222 g/mol. The van der Waals surface area contributed by atoms with Crippen molar-refractivity contribution < 1.29 is 4.79 Å². The highest BCUT2D eigenvalue weighted by atomic mass is 16.2. The third kappa shape index (κ3) is 3.12. The molecule has 2 rings (SSSR count). The summed E-state index contributed by atoms with van der Waals surface area (Å²) >= 11 is 0. The van der Waals surface area contributed by atoms with Crippen LogP contribution in [0.1, 0.15) is 45.1 Å². The van der Waals surface area contributed by atoms with Crippen LogP contribution in [0.4, 0.5) is 0 Å². The van der Waals surface area contributed by atoms with E-state index in [-0.39, 0.29) is 5.41 Å². The molecule has 1 aliphatic rings. The Kier molecular flexibility index (Phi) is 4.05. The average molecular weight is 245 g/mol. The number of amides is 1. The third-order valence-corrected chi connectivity index (χ3v) is 3.86. The highest BCUT2D eigenvalue weighted by Gasteiger charge is 2.27. The lowest BCUT2D eigenvalue weighted by atomic mass is 9.81. The van der Waals surface area contributed by atoms with Gasteiger partial charge >= 0.3 is 0 Å². The Balaban J connectivity index is 2.01. The van der Waals surface area contributed by atoms with E-state index in [1.165, 1.54) is 12.0 Å². The molecule has 0 atom stereocenters. The molecule has 0 aliphatic carbocycles. The Morgan fingerprint density at radius 3 is 2.33 bits per heavy atom. The number of piperidine rings is 1. The van der Waals surface area contributed by atoms with Crippen LogP contribution >= 0.6 is 0 Å². The van der Waals surface area contributed by atoms with Crippen LogP contribution < -0.4 is 0 Å². The van der Waals surface area contributed by atoms with Gasteiger partial charge in [-0.2, -0.15) is 0 Å². The van der Waals surface area contributed by atoms with Gasteiger partial charge in [0.1, 0.15) is 0 Å². The Hall–Kier alpha value is -1.31. The molecule has 18 heavy (non-hydrogen) atoms. The fourth-order valence-electron chi connectivity index (χ4n) is 2.62. The van der Waals surface area contributed by atoms with Crippen LogP contribution in [0, 0.1) is 0 Å². The van der Waals surface area contributed by atoms with E-state index in [0.717, 1.165) is 25.9 Å². The molecule has 2 nitrogen and oxygen atoms in total. The number of likely N-dealkylation sites (tertiary alicyclic amines) is 1. The van der Waals surface area contributed by atoms with Crippen LogP contribution in [-0.4, -0.2) is 23.9 Å². The van der Waals surface area contributed by atoms with E-state index in [9.17, 15) is 4.79 Å². The van der Waals surface area contributed by atoms with Gasteiger partial charge in [0.2, 0.25) is 5.91 Å². The van der Waals surface area contributed by atoms with Gasteiger partial charge in [-0.05, 0) is 30.2 Å². The molecule has 1 saturated heterocycles. The van der Waals surface area contributed by atoms with Crippen molar-refractivity contribution in [3.63, 3.8) is 0 Å². The molecule has 0 unspecified atom stereocenters. The van der Waals surface area contributed by atoms with Crippen molar-refractivity contribution in [1.82, 2.24) is 4.90 Å². The molecule has 0 radical (unpaired) electrons. The summed E-state index contributed by atoms with van der Waals surface area (Å²) in [6.45, 7) is 6.21. The van der Waals surface area contributed by atoms with E-state index >= 15 is 0 Å². The van der Waals surface area contributed by atoms with E-state index in [0.29, 0.717) is 12.3 Å². The van der Waals surface area contributed by atoms with Crippen LogP contribution in [0.2, 0.25) is 0 Å². The molecule has 98 valence electrons. The number of carbonyl (C=O) groups excluding carboxylic acids is 1. The highest BCUT2D eigenvalue weighted by Crippen LogP contribution is 2.28. The van der Waals surface area contributed by atoms with Gasteiger partial charge in [0.25, 0.3) is 0 Å². The second-order valence-electron chi connectivity index (χ2n) is 5.87. The van der Waals surface area contributed by atoms with Gasteiger partial charge in [0.15, 0.2) is 0 Å². The summed E-state index contributed by atoms with van der Waals surface area (Å²) in [4.78, 5) is 14.3. The predicted octanol–water partition coefficient (Wildman–Crippen LogP) is 3.37. The molecule has 0 bridgehead atoms. The lowest BCUT2D eigenvalue weighted by molar-refractivity contribution is -0.133. The van der Waals surface area contributed by atoms with Gasteiger partial charge in [-0.25, -0.2) is 0 Å². The van der Waals surface area contributed by atoms with E-state index in [1.54, 1.807) is 0 Å². The lowest BCUT2D eigenvalue weighted by Crippen LogP contribution is -2.38. The van der Waals surface area contributed by atoms with E-state index in [4.69, 9.17) is 0 Å². The van der Waals surface area contributed by atoms with E-state index < -0.39 is 0 Å². The predicted molar refractivity (Wildman–Crippen MR) is 74.5 cm³/mol. The Morgan fingerprint density at radius 1 is 1.11 bits per heavy atom. The molecule has 1 aromatic rings. The summed E-state index contributed by atoms with van der Waals surface area (Å²) in [5, 5.41) is 0. The molecule has 1 aliphatic heterocycles. The van der Waals surface area contributed by atoms with Crippen LogP contribution in [0.3, 0.4) is 0 Å². The summed E-state index contributed by atoms with van der Waals surface area (Å²) in [5.41, 5.74) is 1.17. The maximum atomic E-state index is 12.3. The fraction of sp³-hybridized carbons (Fsp3) is 0.562. The zero-order valence-corrected chi connectivity index (χ0v) is 11.5. The molecule has 0 aromatic heterocycles. The minimum Gasteiger partial charge on any atom is -0.343 e. The Labute approximate surface area is 110 Å². The van der Waals surface area contributed by atoms with Crippen LogP contribution in [0.25, 0.3) is 0 Å². The molecule has 0 spiro atoms. The highest BCUT2D eigenvalue weighted by molar-refractivity contribution is 5.77. The molecule has 1 heterocycles. The first-order valence-electron chi connectivity index (χ1n) is 6.93. The van der Waals surface area contributed by atoms with Crippen molar-refractivity contribution in [3.8, 4) is 0 Å². The first kappa shape index (κ1) is 13.1. The Bertz CT molecular complexity index is 391. The van der Waals surface area contributed by atoms with Crippen molar-refractivity contribution in [1.29, 1.82) is 0 Å².